The third-order valence-electron chi connectivity index (χ3n) is 3.70. The molecule has 0 bridgehead atoms. The first-order valence-electron chi connectivity index (χ1n) is 6.73. The topological polar surface area (TPSA) is 67.8 Å². The molecule has 0 aromatic heterocycles. The molecule has 1 aromatic rings. The first-order chi connectivity index (χ1) is 9.91. The molecular weight excluding hydrogens is 285 g/mol. The number of ether oxygens (including phenoxy) is 1. The summed E-state index contributed by atoms with van der Waals surface area (Å²) in [5, 5.41) is 11.3. The van der Waals surface area contributed by atoms with Gasteiger partial charge in [-0.05, 0) is 30.5 Å². The van der Waals surface area contributed by atoms with Crippen LogP contribution in [0.1, 0.15) is 36.8 Å². The lowest BCUT2D eigenvalue weighted by atomic mass is 9.83. The van der Waals surface area contributed by atoms with Gasteiger partial charge in [0, 0.05) is 5.56 Å². The molecule has 0 aliphatic heterocycles. The average Bonchev–Trinajstić information content (AvgIpc) is 2.39. The molecule has 0 spiro atoms. The van der Waals surface area contributed by atoms with E-state index in [1.54, 1.807) is 0 Å². The molecule has 116 valence electrons. The smallest absolute Gasteiger partial charge is 0.417 e. The van der Waals surface area contributed by atoms with Gasteiger partial charge in [-0.25, -0.2) is 0 Å². The summed E-state index contributed by atoms with van der Waals surface area (Å²) in [7, 11) is 0. The van der Waals surface area contributed by atoms with Crippen molar-refractivity contribution in [1.29, 1.82) is 0 Å². The van der Waals surface area contributed by atoms with Crippen LogP contribution in [0.25, 0.3) is 0 Å². The lowest BCUT2D eigenvalue weighted by Crippen LogP contribution is -2.20. The number of benzene rings is 1. The summed E-state index contributed by atoms with van der Waals surface area (Å²) in [5.41, 5.74) is 3.97. The fourth-order valence-corrected chi connectivity index (χ4v) is 2.25. The standard InChI is InChI=1S/C14H17F3N2O2/c15-14(16,17)12-5-4-10(8-11(12)13(18)19-20)21-7-6-9-2-1-3-9/h4-5,8-9,20H,1-3,6-7H2,(H2,18,19). The largest absolute Gasteiger partial charge is 0.494 e. The first kappa shape index (κ1) is 15.5. The van der Waals surface area contributed by atoms with Crippen molar-refractivity contribution < 1.29 is 23.1 Å². The van der Waals surface area contributed by atoms with Crippen molar-refractivity contribution in [2.24, 2.45) is 16.8 Å². The van der Waals surface area contributed by atoms with Crippen LogP contribution in [-0.4, -0.2) is 17.6 Å². The van der Waals surface area contributed by atoms with Gasteiger partial charge in [-0.2, -0.15) is 13.2 Å². The first-order valence-corrected chi connectivity index (χ1v) is 6.73. The van der Waals surface area contributed by atoms with Crippen molar-refractivity contribution in [3.63, 3.8) is 0 Å². The van der Waals surface area contributed by atoms with E-state index < -0.39 is 17.6 Å². The van der Waals surface area contributed by atoms with Crippen molar-refractivity contribution in [3.05, 3.63) is 29.3 Å². The van der Waals surface area contributed by atoms with Gasteiger partial charge in [0.2, 0.25) is 0 Å². The lowest BCUT2D eigenvalue weighted by molar-refractivity contribution is -0.137. The zero-order chi connectivity index (χ0) is 15.5. The number of alkyl halides is 3. The van der Waals surface area contributed by atoms with Gasteiger partial charge < -0.3 is 15.7 Å². The number of hydrogen-bond acceptors (Lipinski definition) is 3. The van der Waals surface area contributed by atoms with Gasteiger partial charge in [-0.1, -0.05) is 24.4 Å². The number of nitrogens with zero attached hydrogens (tertiary/aromatic N) is 1. The van der Waals surface area contributed by atoms with Crippen LogP contribution in [-0.2, 0) is 6.18 Å². The molecule has 0 amide bonds. The minimum Gasteiger partial charge on any atom is -0.494 e. The van der Waals surface area contributed by atoms with E-state index in [4.69, 9.17) is 15.7 Å². The van der Waals surface area contributed by atoms with E-state index in [0.29, 0.717) is 12.5 Å². The van der Waals surface area contributed by atoms with Crippen LogP contribution >= 0.6 is 0 Å². The Morgan fingerprint density at radius 2 is 2.10 bits per heavy atom. The lowest BCUT2D eigenvalue weighted by Gasteiger charge is -2.25. The monoisotopic (exact) mass is 302 g/mol. The van der Waals surface area contributed by atoms with Gasteiger partial charge in [-0.15, -0.1) is 0 Å². The van der Waals surface area contributed by atoms with E-state index in [2.05, 4.69) is 5.16 Å². The maximum atomic E-state index is 12.9. The van der Waals surface area contributed by atoms with Crippen molar-refractivity contribution in [3.8, 4) is 5.75 Å². The highest BCUT2D eigenvalue weighted by Gasteiger charge is 2.34. The summed E-state index contributed by atoms with van der Waals surface area (Å²) >= 11 is 0. The Morgan fingerprint density at radius 3 is 2.62 bits per heavy atom. The molecule has 1 fully saturated rings. The van der Waals surface area contributed by atoms with Gasteiger partial charge in [0.25, 0.3) is 0 Å². The molecule has 3 N–H and O–H groups in total. The summed E-state index contributed by atoms with van der Waals surface area (Å²) in [6.45, 7) is 0.450. The molecule has 0 heterocycles. The Hall–Kier alpha value is -1.92. The molecule has 1 aliphatic rings. The Labute approximate surface area is 120 Å². The summed E-state index contributed by atoms with van der Waals surface area (Å²) in [6.07, 6.45) is -0.0783. The van der Waals surface area contributed by atoms with E-state index in [1.165, 1.54) is 25.3 Å². The number of rotatable bonds is 5. The fourth-order valence-electron chi connectivity index (χ4n) is 2.25. The third kappa shape index (κ3) is 3.80. The molecular formula is C14H17F3N2O2. The maximum absolute atomic E-state index is 12.9. The summed E-state index contributed by atoms with van der Waals surface area (Å²) < 4.78 is 44.0. The van der Waals surface area contributed by atoms with Crippen LogP contribution in [0.15, 0.2) is 23.4 Å². The molecule has 0 atom stereocenters. The van der Waals surface area contributed by atoms with Crippen molar-refractivity contribution in [2.45, 2.75) is 31.9 Å². The van der Waals surface area contributed by atoms with Crippen molar-refractivity contribution in [2.75, 3.05) is 6.61 Å². The zero-order valence-corrected chi connectivity index (χ0v) is 11.4. The highest BCUT2D eigenvalue weighted by atomic mass is 19.4. The van der Waals surface area contributed by atoms with Crippen molar-refractivity contribution >= 4 is 5.84 Å². The molecule has 0 saturated heterocycles. The van der Waals surface area contributed by atoms with Crippen LogP contribution in [0.2, 0.25) is 0 Å². The van der Waals surface area contributed by atoms with Gasteiger partial charge in [0.1, 0.15) is 5.75 Å². The second kappa shape index (κ2) is 6.24. The second-order valence-electron chi connectivity index (χ2n) is 5.12. The average molecular weight is 302 g/mol. The van der Waals surface area contributed by atoms with Crippen LogP contribution in [0.4, 0.5) is 13.2 Å². The highest BCUT2D eigenvalue weighted by molar-refractivity contribution is 5.99. The quantitative estimate of drug-likeness (QED) is 0.379. The van der Waals surface area contributed by atoms with Crippen LogP contribution in [0, 0.1) is 5.92 Å². The van der Waals surface area contributed by atoms with E-state index >= 15 is 0 Å². The van der Waals surface area contributed by atoms with Gasteiger partial charge in [0.05, 0.1) is 12.2 Å². The van der Waals surface area contributed by atoms with Gasteiger partial charge in [0.15, 0.2) is 5.84 Å². The Balaban J connectivity index is 2.12. The molecule has 1 aliphatic carbocycles. The predicted molar refractivity (Wildman–Crippen MR) is 71.4 cm³/mol. The van der Waals surface area contributed by atoms with E-state index in [-0.39, 0.29) is 11.3 Å². The third-order valence-corrected chi connectivity index (χ3v) is 3.70. The normalized spacial score (nSPS) is 16.6. The Bertz CT molecular complexity index is 525. The molecule has 21 heavy (non-hydrogen) atoms. The van der Waals surface area contributed by atoms with Gasteiger partial charge >= 0.3 is 6.18 Å². The molecule has 2 rings (SSSR count). The second-order valence-corrected chi connectivity index (χ2v) is 5.12. The number of oxime groups is 1. The highest BCUT2D eigenvalue weighted by Crippen LogP contribution is 2.34. The Morgan fingerprint density at radius 1 is 1.38 bits per heavy atom. The minimum atomic E-state index is -4.57. The molecule has 7 heteroatoms. The molecule has 1 aromatic carbocycles. The van der Waals surface area contributed by atoms with Crippen LogP contribution < -0.4 is 10.5 Å². The molecule has 0 radical (unpaired) electrons. The van der Waals surface area contributed by atoms with E-state index in [9.17, 15) is 13.2 Å². The van der Waals surface area contributed by atoms with Crippen molar-refractivity contribution in [1.82, 2.24) is 0 Å². The fraction of sp³-hybridized carbons (Fsp3) is 0.500. The number of halogens is 3. The molecule has 0 unspecified atom stereocenters. The van der Waals surface area contributed by atoms with E-state index in [1.807, 2.05) is 0 Å². The summed E-state index contributed by atoms with van der Waals surface area (Å²) in [4.78, 5) is 0. The Kier molecular flexibility index (Phi) is 4.59. The molecule has 1 saturated carbocycles. The summed E-state index contributed by atoms with van der Waals surface area (Å²) in [5.74, 6) is 0.346. The van der Waals surface area contributed by atoms with Gasteiger partial charge in [-0.3, -0.25) is 0 Å². The predicted octanol–water partition coefficient (Wildman–Crippen LogP) is 3.37. The summed E-state index contributed by atoms with van der Waals surface area (Å²) in [6, 6.07) is 3.28. The van der Waals surface area contributed by atoms with Crippen LogP contribution in [0.3, 0.4) is 0 Å². The minimum absolute atomic E-state index is 0.281. The SMILES string of the molecule is N/C(=N/O)c1cc(OCCC2CCC2)ccc1C(F)(F)F. The number of hydrogen-bond donors (Lipinski definition) is 2. The molecule has 4 nitrogen and oxygen atoms in total. The number of nitrogens with two attached hydrogens (primary N) is 1. The zero-order valence-electron chi connectivity index (χ0n) is 11.4. The number of amidine groups is 1. The maximum Gasteiger partial charge on any atom is 0.417 e. The van der Waals surface area contributed by atoms with E-state index in [0.717, 1.165) is 18.6 Å². The van der Waals surface area contributed by atoms with Crippen LogP contribution in [0.5, 0.6) is 5.75 Å².